The van der Waals surface area contributed by atoms with Crippen molar-refractivity contribution in [3.8, 4) is 5.88 Å². The van der Waals surface area contributed by atoms with Crippen LogP contribution in [0.15, 0.2) is 36.7 Å². The lowest BCUT2D eigenvalue weighted by Crippen LogP contribution is -2.20. The van der Waals surface area contributed by atoms with E-state index in [1.807, 2.05) is 30.3 Å². The summed E-state index contributed by atoms with van der Waals surface area (Å²) in [7, 11) is 0. The summed E-state index contributed by atoms with van der Waals surface area (Å²) in [5, 5.41) is 21.5. The third-order valence-corrected chi connectivity index (χ3v) is 4.38. The molecule has 29 heavy (non-hydrogen) atoms. The van der Waals surface area contributed by atoms with Gasteiger partial charge in [0.15, 0.2) is 11.2 Å². The Kier molecular flexibility index (Phi) is 6.73. The highest BCUT2D eigenvalue weighted by Crippen LogP contribution is 2.24. The fraction of sp³-hybridized carbons (Fsp3) is 0.400. The molecule has 0 unspecified atom stereocenters. The minimum atomic E-state index is -0.357. The minimum absolute atomic E-state index is 0.116. The molecule has 3 rings (SSSR count). The van der Waals surface area contributed by atoms with Gasteiger partial charge < -0.3 is 19.5 Å². The number of nitrogens with one attached hydrogen (secondary N) is 1. The fourth-order valence-electron chi connectivity index (χ4n) is 2.64. The van der Waals surface area contributed by atoms with Crippen molar-refractivity contribution in [3.05, 3.63) is 42.2 Å². The van der Waals surface area contributed by atoms with Crippen LogP contribution in [0.4, 0.5) is 5.95 Å². The number of aromatic nitrogens is 4. The van der Waals surface area contributed by atoms with E-state index in [1.165, 1.54) is 0 Å². The topological polar surface area (TPSA) is 122 Å². The van der Waals surface area contributed by atoms with Crippen molar-refractivity contribution in [2.75, 3.05) is 18.5 Å². The standard InChI is InChI=1S/C20H25N5O4/c1-13(2)18(28)23-20-22-17-16(21-12-25(17)8-15(9-26)10-27)19(24-20)29-11-14-6-4-3-5-7-14/h3-7,12-13,15,26-27H,8-11H2,1-2H3,(H,22,23,24,28). The van der Waals surface area contributed by atoms with Gasteiger partial charge in [-0.3, -0.25) is 10.1 Å². The average Bonchev–Trinajstić information content (AvgIpc) is 3.13. The van der Waals surface area contributed by atoms with Crippen LogP contribution in [0.5, 0.6) is 5.88 Å². The minimum Gasteiger partial charge on any atom is -0.471 e. The summed E-state index contributed by atoms with van der Waals surface area (Å²) in [6, 6.07) is 9.63. The van der Waals surface area contributed by atoms with Crippen molar-refractivity contribution in [2.24, 2.45) is 11.8 Å². The Bertz CT molecular complexity index is 954. The van der Waals surface area contributed by atoms with Crippen molar-refractivity contribution in [1.82, 2.24) is 19.5 Å². The van der Waals surface area contributed by atoms with Crippen molar-refractivity contribution >= 4 is 23.0 Å². The van der Waals surface area contributed by atoms with Crippen LogP contribution in [0.2, 0.25) is 0 Å². The SMILES string of the molecule is CC(C)C(=O)Nc1nc(OCc2ccccc2)c2ncn(CC(CO)CO)c2n1. The van der Waals surface area contributed by atoms with Gasteiger partial charge in [-0.1, -0.05) is 44.2 Å². The molecule has 3 N–H and O–H groups in total. The maximum absolute atomic E-state index is 12.1. The second-order valence-corrected chi connectivity index (χ2v) is 7.07. The van der Waals surface area contributed by atoms with Gasteiger partial charge in [0.05, 0.1) is 6.33 Å². The normalized spacial score (nSPS) is 11.4. The summed E-state index contributed by atoms with van der Waals surface area (Å²) in [4.78, 5) is 25.2. The molecule has 1 amide bonds. The molecule has 2 aromatic heterocycles. The molecule has 9 nitrogen and oxygen atoms in total. The third-order valence-electron chi connectivity index (χ3n) is 4.38. The molecule has 0 fully saturated rings. The van der Waals surface area contributed by atoms with Gasteiger partial charge in [-0.2, -0.15) is 9.97 Å². The summed E-state index contributed by atoms with van der Waals surface area (Å²) in [5.41, 5.74) is 1.86. The quantitative estimate of drug-likeness (QED) is 0.499. The van der Waals surface area contributed by atoms with Crippen LogP contribution in [-0.4, -0.2) is 48.9 Å². The number of benzene rings is 1. The summed E-state index contributed by atoms with van der Waals surface area (Å²) in [6.45, 7) is 3.81. The molecule has 0 aliphatic carbocycles. The van der Waals surface area contributed by atoms with E-state index in [1.54, 1.807) is 24.7 Å². The van der Waals surface area contributed by atoms with Crippen LogP contribution in [0.25, 0.3) is 11.2 Å². The molecule has 154 valence electrons. The first kappa shape index (κ1) is 20.7. The zero-order valence-corrected chi connectivity index (χ0v) is 16.4. The van der Waals surface area contributed by atoms with Gasteiger partial charge in [-0.05, 0) is 5.56 Å². The Morgan fingerprint density at radius 2 is 1.90 bits per heavy atom. The highest BCUT2D eigenvalue weighted by Gasteiger charge is 2.18. The van der Waals surface area contributed by atoms with Crippen LogP contribution < -0.4 is 10.1 Å². The first-order valence-electron chi connectivity index (χ1n) is 9.44. The van der Waals surface area contributed by atoms with Gasteiger partial charge in [-0.15, -0.1) is 0 Å². The van der Waals surface area contributed by atoms with E-state index in [2.05, 4.69) is 20.3 Å². The molecule has 0 saturated heterocycles. The number of imidazole rings is 1. The Morgan fingerprint density at radius 1 is 1.17 bits per heavy atom. The van der Waals surface area contributed by atoms with Gasteiger partial charge in [0.25, 0.3) is 0 Å². The Morgan fingerprint density at radius 3 is 2.55 bits per heavy atom. The summed E-state index contributed by atoms with van der Waals surface area (Å²) < 4.78 is 7.58. The highest BCUT2D eigenvalue weighted by atomic mass is 16.5. The Hall–Kier alpha value is -3.04. The molecule has 0 aliphatic heterocycles. The number of aliphatic hydroxyl groups excluding tert-OH is 2. The van der Waals surface area contributed by atoms with Crippen molar-refractivity contribution in [3.63, 3.8) is 0 Å². The lowest BCUT2D eigenvalue weighted by Gasteiger charge is -2.13. The van der Waals surface area contributed by atoms with Gasteiger partial charge in [0, 0.05) is 31.6 Å². The molecule has 0 saturated carbocycles. The van der Waals surface area contributed by atoms with Crippen LogP contribution in [0, 0.1) is 11.8 Å². The number of hydrogen-bond acceptors (Lipinski definition) is 7. The summed E-state index contributed by atoms with van der Waals surface area (Å²) in [5.74, 6) is -0.439. The number of carbonyl (C=O) groups is 1. The molecule has 0 atom stereocenters. The first-order valence-corrected chi connectivity index (χ1v) is 9.44. The van der Waals surface area contributed by atoms with E-state index in [0.717, 1.165) is 5.56 Å². The Balaban J connectivity index is 1.95. The monoisotopic (exact) mass is 399 g/mol. The predicted octanol–water partition coefficient (Wildman–Crippen LogP) is 1.60. The maximum Gasteiger partial charge on any atom is 0.247 e. The van der Waals surface area contributed by atoms with E-state index in [9.17, 15) is 15.0 Å². The van der Waals surface area contributed by atoms with E-state index >= 15 is 0 Å². The summed E-state index contributed by atoms with van der Waals surface area (Å²) in [6.07, 6.45) is 1.56. The first-order chi connectivity index (χ1) is 14.0. The highest BCUT2D eigenvalue weighted by molar-refractivity contribution is 5.91. The predicted molar refractivity (Wildman–Crippen MR) is 107 cm³/mol. The van der Waals surface area contributed by atoms with Crippen molar-refractivity contribution in [2.45, 2.75) is 27.0 Å². The molecule has 0 spiro atoms. The average molecular weight is 399 g/mol. The molecule has 0 aliphatic rings. The number of ether oxygens (including phenoxy) is 1. The largest absolute Gasteiger partial charge is 0.471 e. The molecule has 1 aromatic carbocycles. The number of anilines is 1. The zero-order chi connectivity index (χ0) is 20.8. The number of rotatable bonds is 9. The molecular weight excluding hydrogens is 374 g/mol. The second kappa shape index (κ2) is 9.44. The van der Waals surface area contributed by atoms with Crippen molar-refractivity contribution < 1.29 is 19.7 Å². The number of fused-ring (bicyclic) bond motifs is 1. The third kappa shape index (κ3) is 5.07. The number of hydrogen-bond donors (Lipinski definition) is 3. The van der Waals surface area contributed by atoms with Gasteiger partial charge in [0.2, 0.25) is 17.7 Å². The number of carbonyl (C=O) groups excluding carboxylic acids is 1. The lowest BCUT2D eigenvalue weighted by atomic mass is 10.2. The molecule has 0 bridgehead atoms. The molecule has 2 heterocycles. The molecule has 3 aromatic rings. The number of aliphatic hydroxyl groups is 2. The zero-order valence-electron chi connectivity index (χ0n) is 16.4. The fourth-order valence-corrected chi connectivity index (χ4v) is 2.64. The molecule has 0 radical (unpaired) electrons. The van der Waals surface area contributed by atoms with E-state index in [-0.39, 0.29) is 49.4 Å². The van der Waals surface area contributed by atoms with Crippen LogP contribution in [0.1, 0.15) is 19.4 Å². The molecular formula is C20H25N5O4. The van der Waals surface area contributed by atoms with Gasteiger partial charge >= 0.3 is 0 Å². The Labute approximate surface area is 168 Å². The van der Waals surface area contributed by atoms with E-state index in [4.69, 9.17) is 4.74 Å². The maximum atomic E-state index is 12.1. The van der Waals surface area contributed by atoms with Gasteiger partial charge in [0.1, 0.15) is 6.61 Å². The lowest BCUT2D eigenvalue weighted by molar-refractivity contribution is -0.118. The van der Waals surface area contributed by atoms with Gasteiger partial charge in [-0.25, -0.2) is 4.98 Å². The summed E-state index contributed by atoms with van der Waals surface area (Å²) >= 11 is 0. The van der Waals surface area contributed by atoms with Crippen LogP contribution in [0.3, 0.4) is 0 Å². The second-order valence-electron chi connectivity index (χ2n) is 7.07. The van der Waals surface area contributed by atoms with Crippen LogP contribution in [-0.2, 0) is 17.9 Å². The smallest absolute Gasteiger partial charge is 0.247 e. The van der Waals surface area contributed by atoms with Crippen molar-refractivity contribution in [1.29, 1.82) is 0 Å². The van der Waals surface area contributed by atoms with E-state index in [0.29, 0.717) is 17.7 Å². The molecule has 9 heteroatoms. The van der Waals surface area contributed by atoms with E-state index < -0.39 is 0 Å². The van der Waals surface area contributed by atoms with Crippen LogP contribution >= 0.6 is 0 Å². The number of nitrogens with zero attached hydrogens (tertiary/aromatic N) is 4. The number of amides is 1.